The summed E-state index contributed by atoms with van der Waals surface area (Å²) in [6, 6.07) is 8.43. The Morgan fingerprint density at radius 3 is 2.53 bits per heavy atom. The maximum atomic E-state index is 14.6. The quantitative estimate of drug-likeness (QED) is 0.0984. The van der Waals surface area contributed by atoms with Gasteiger partial charge in [-0.3, -0.25) is 15.0 Å². The molecule has 66 heavy (non-hydrogen) atoms. The minimum atomic E-state index is -0.896. The molecule has 5 N–H and O–H groups in total. The maximum Gasteiger partial charge on any atom is 0.407 e. The van der Waals surface area contributed by atoms with Crippen molar-refractivity contribution in [1.82, 2.24) is 40.4 Å². The number of H-pyrrole nitrogens is 2. The smallest absolute Gasteiger partial charge is 0.407 e. The van der Waals surface area contributed by atoms with Gasteiger partial charge in [0.05, 0.1) is 62.1 Å². The topological polar surface area (TPSA) is 179 Å². The van der Waals surface area contributed by atoms with Gasteiger partial charge in [0.2, 0.25) is 5.91 Å². The number of methoxy groups -OCH3 is 3. The number of aliphatic hydroxyl groups excluding tert-OH is 1. The Morgan fingerprint density at radius 2 is 1.79 bits per heavy atom. The molecule has 0 bridgehead atoms. The molecule has 2 saturated heterocycles. The molecule has 0 radical (unpaired) electrons. The molecule has 5 heterocycles. The first kappa shape index (κ1) is 46.2. The molecule has 2 amide bonds. The van der Waals surface area contributed by atoms with Crippen LogP contribution in [0, 0.1) is 23.7 Å². The van der Waals surface area contributed by atoms with E-state index < -0.39 is 24.4 Å². The Balaban J connectivity index is 0.929. The third-order valence-electron chi connectivity index (χ3n) is 15.1. The number of aliphatic hydroxyl groups is 1. The first-order valence-electron chi connectivity index (χ1n) is 24.0. The summed E-state index contributed by atoms with van der Waals surface area (Å²) in [6.07, 6.45) is 14.6. The predicted molar refractivity (Wildman–Crippen MR) is 250 cm³/mol. The fourth-order valence-electron chi connectivity index (χ4n) is 11.4. The van der Waals surface area contributed by atoms with Crippen molar-refractivity contribution in [3.8, 4) is 0 Å². The first-order valence-corrected chi connectivity index (χ1v) is 24.0. The van der Waals surface area contributed by atoms with Crippen molar-refractivity contribution in [2.75, 3.05) is 47.6 Å². The molecule has 6 aliphatic rings. The van der Waals surface area contributed by atoms with Crippen molar-refractivity contribution in [2.45, 2.75) is 115 Å². The zero-order valence-electron chi connectivity index (χ0n) is 39.5. The number of aromatic nitrogens is 4. The second-order valence-electron chi connectivity index (χ2n) is 19.5. The molecule has 0 spiro atoms. The Morgan fingerprint density at radius 1 is 0.985 bits per heavy atom. The molecule has 2 aromatic heterocycles. The van der Waals surface area contributed by atoms with Crippen molar-refractivity contribution in [3.05, 3.63) is 106 Å². The molecular weight excluding hydrogens is 837 g/mol. The molecule has 5 unspecified atom stereocenters. The van der Waals surface area contributed by atoms with Crippen molar-refractivity contribution in [2.24, 2.45) is 23.7 Å². The SMILES string of the molecule is CC[C@H]1C[C@@H](c2ncc(C3=CC4=C(CC3)C3C=C5C=Cc6nc([C@@H]7C[C@H](COC)CN7C(=O)[C@H](NC(C)OC)c7ccccc7)[nH]c6C5CC3OC4)[nH]2)N(C(O)[C@@H](NC(=O)OC)C(C)C)C1. The van der Waals surface area contributed by atoms with Gasteiger partial charge in [-0.25, -0.2) is 14.8 Å². The van der Waals surface area contributed by atoms with Crippen molar-refractivity contribution in [3.63, 3.8) is 0 Å². The van der Waals surface area contributed by atoms with Crippen molar-refractivity contribution in [1.29, 1.82) is 0 Å². The number of hydrogen-bond donors (Lipinski definition) is 5. The van der Waals surface area contributed by atoms with Crippen LogP contribution in [0.3, 0.4) is 0 Å². The normalized spacial score (nSPS) is 27.9. The number of allylic oxidation sites excluding steroid dienone is 3. The van der Waals surface area contributed by atoms with Crippen LogP contribution in [0.1, 0.15) is 125 Å². The molecule has 0 saturated carbocycles. The number of aromatic amines is 2. The summed E-state index contributed by atoms with van der Waals surface area (Å²) in [5.41, 5.74) is 9.08. The Hall–Kier alpha value is -4.90. The number of amides is 2. The van der Waals surface area contributed by atoms with E-state index in [2.05, 4.69) is 56.7 Å². The lowest BCUT2D eigenvalue weighted by molar-refractivity contribution is -0.136. The standard InChI is InChI=1S/C51H68N8O7/c1-8-30-18-41(58(24-30)49(60)44(28(2)3)57-51(62)65-7)47-52-23-40(55-47)34-14-16-36-35(20-34)27-66-43-22-37-33(21-38(36)43)15-17-39-46(37)56-48(54-39)42-19-31(26-63-5)25-59(42)50(61)45(53-29(4)64-6)32-12-10-9-11-13-32/h9-13,15,17,20-21,23,28-31,37-38,41-45,49,53,60H,8,14,16,18-19,22,24-27H2,1-7H3,(H,52,55)(H,54,56)(H,57,62)/t29?,30-,31-,37?,38?,41-,42-,43?,44-,45+,49?/m0/s1. The third-order valence-corrected chi connectivity index (χ3v) is 15.1. The zero-order valence-corrected chi connectivity index (χ0v) is 39.5. The zero-order chi connectivity index (χ0) is 46.2. The number of benzene rings is 1. The molecular formula is C51H68N8O7. The van der Waals surface area contributed by atoms with Crippen LogP contribution in [0.25, 0.3) is 11.6 Å². The summed E-state index contributed by atoms with van der Waals surface area (Å²) in [5, 5.41) is 18.0. The monoisotopic (exact) mass is 905 g/mol. The molecule has 15 heteroatoms. The Bertz CT molecular complexity index is 2350. The number of fused-ring (bicyclic) bond motifs is 5. The van der Waals surface area contributed by atoms with E-state index >= 15 is 0 Å². The van der Waals surface area contributed by atoms with Crippen LogP contribution in [-0.2, 0) is 23.7 Å². The lowest BCUT2D eigenvalue weighted by Crippen LogP contribution is -2.54. The lowest BCUT2D eigenvalue weighted by atomic mass is 9.70. The van der Waals surface area contributed by atoms with E-state index in [1.165, 1.54) is 29.4 Å². The van der Waals surface area contributed by atoms with Gasteiger partial charge in [-0.2, -0.15) is 0 Å². The first-order chi connectivity index (χ1) is 32.0. The van der Waals surface area contributed by atoms with E-state index in [1.807, 2.05) is 62.2 Å². The molecule has 2 fully saturated rings. The average Bonchev–Trinajstić information content (AvgIpc) is 4.17. The summed E-state index contributed by atoms with van der Waals surface area (Å²) in [5.74, 6) is 2.50. The van der Waals surface area contributed by atoms with Gasteiger partial charge in [0.25, 0.3) is 0 Å². The number of likely N-dealkylation sites (tertiary alicyclic amines) is 2. The fourth-order valence-corrected chi connectivity index (χ4v) is 11.4. The van der Waals surface area contributed by atoms with Crippen molar-refractivity contribution >= 4 is 23.6 Å². The average molecular weight is 905 g/mol. The minimum Gasteiger partial charge on any atom is -0.453 e. The number of imidazole rings is 2. The lowest BCUT2D eigenvalue weighted by Gasteiger charge is -2.41. The summed E-state index contributed by atoms with van der Waals surface area (Å²) in [7, 11) is 4.70. The predicted octanol–water partition coefficient (Wildman–Crippen LogP) is 7.09. The van der Waals surface area contributed by atoms with Gasteiger partial charge >= 0.3 is 6.09 Å². The van der Waals surface area contributed by atoms with Crippen LogP contribution in [0.2, 0.25) is 0 Å². The highest BCUT2D eigenvalue weighted by atomic mass is 16.5. The van der Waals surface area contributed by atoms with Gasteiger partial charge in [-0.15, -0.1) is 0 Å². The van der Waals surface area contributed by atoms with Crippen LogP contribution in [0.15, 0.2) is 71.5 Å². The number of rotatable bonds is 15. The third kappa shape index (κ3) is 9.10. The van der Waals surface area contributed by atoms with Gasteiger partial charge in [0.15, 0.2) is 0 Å². The summed E-state index contributed by atoms with van der Waals surface area (Å²) < 4.78 is 22.8. The number of nitrogens with one attached hydrogen (secondary N) is 4. The number of carbonyl (C=O) groups excluding carboxylic acids is 2. The van der Waals surface area contributed by atoms with Gasteiger partial charge < -0.3 is 44.2 Å². The Kier molecular flexibility index (Phi) is 13.8. The molecule has 9 rings (SSSR count). The summed E-state index contributed by atoms with van der Waals surface area (Å²) >= 11 is 0. The highest BCUT2D eigenvalue weighted by Gasteiger charge is 2.45. The fraction of sp³-hybridized carbons (Fsp3) is 0.569. The molecule has 11 atom stereocenters. The van der Waals surface area contributed by atoms with E-state index in [4.69, 9.17) is 28.9 Å². The second kappa shape index (κ2) is 19.7. The number of nitrogens with zero attached hydrogens (tertiary/aromatic N) is 4. The van der Waals surface area contributed by atoms with E-state index in [-0.39, 0.29) is 54.0 Å². The molecule has 15 nitrogen and oxygen atoms in total. The molecule has 354 valence electrons. The van der Waals surface area contributed by atoms with Crippen LogP contribution in [-0.4, -0.2) is 119 Å². The Labute approximate surface area is 388 Å². The van der Waals surface area contributed by atoms with E-state index in [0.29, 0.717) is 25.7 Å². The summed E-state index contributed by atoms with van der Waals surface area (Å²) in [4.78, 5) is 48.4. The highest BCUT2D eigenvalue weighted by molar-refractivity contribution is 5.84. The maximum absolute atomic E-state index is 14.6. The number of alkyl carbamates (subject to hydrolysis) is 1. The van der Waals surface area contributed by atoms with Gasteiger partial charge in [0.1, 0.15) is 30.1 Å². The molecule has 3 aliphatic carbocycles. The van der Waals surface area contributed by atoms with Gasteiger partial charge in [-0.1, -0.05) is 81.3 Å². The van der Waals surface area contributed by atoms with Crippen LogP contribution in [0.5, 0.6) is 0 Å². The van der Waals surface area contributed by atoms with Gasteiger partial charge in [-0.05, 0) is 79.2 Å². The van der Waals surface area contributed by atoms with Crippen LogP contribution in [0.4, 0.5) is 4.79 Å². The highest BCUT2D eigenvalue weighted by Crippen LogP contribution is 2.49. The molecule has 3 aliphatic heterocycles. The van der Waals surface area contributed by atoms with Crippen molar-refractivity contribution < 1.29 is 33.6 Å². The van der Waals surface area contributed by atoms with Crippen LogP contribution < -0.4 is 10.6 Å². The van der Waals surface area contributed by atoms with Crippen LogP contribution >= 0.6 is 0 Å². The number of hydrogen-bond acceptors (Lipinski definition) is 11. The molecule has 3 aromatic rings. The number of carbonyl (C=O) groups is 2. The minimum absolute atomic E-state index is 0.00971. The largest absolute Gasteiger partial charge is 0.453 e. The second-order valence-corrected chi connectivity index (χ2v) is 19.5. The van der Waals surface area contributed by atoms with E-state index in [0.717, 1.165) is 79.4 Å². The number of ether oxygens (including phenoxy) is 4. The summed E-state index contributed by atoms with van der Waals surface area (Å²) in [6.45, 7) is 10.5. The molecule has 1 aromatic carbocycles. The van der Waals surface area contributed by atoms with E-state index in [9.17, 15) is 14.7 Å². The van der Waals surface area contributed by atoms with E-state index in [1.54, 1.807) is 14.2 Å². The van der Waals surface area contributed by atoms with Gasteiger partial charge in [0, 0.05) is 50.8 Å².